The van der Waals surface area contributed by atoms with E-state index in [1.807, 2.05) is 25.7 Å². The second kappa shape index (κ2) is 5.14. The van der Waals surface area contributed by atoms with Crippen LogP contribution in [0.25, 0.3) is 0 Å². The zero-order valence-electron chi connectivity index (χ0n) is 12.5. The summed E-state index contributed by atoms with van der Waals surface area (Å²) < 4.78 is 0. The number of carbonyl (C=O) groups excluding carboxylic acids is 2. The van der Waals surface area contributed by atoms with Crippen molar-refractivity contribution in [2.45, 2.75) is 77.4 Å². The highest BCUT2D eigenvalue weighted by molar-refractivity contribution is 5.99. The molecule has 4 heteroatoms. The van der Waals surface area contributed by atoms with Gasteiger partial charge in [0.1, 0.15) is 11.6 Å². The van der Waals surface area contributed by atoms with E-state index in [2.05, 4.69) is 12.2 Å². The van der Waals surface area contributed by atoms with Crippen LogP contribution >= 0.6 is 0 Å². The minimum Gasteiger partial charge on any atom is -0.340 e. The van der Waals surface area contributed by atoms with Crippen LogP contribution in [0.3, 0.4) is 0 Å². The first kappa shape index (κ1) is 14.4. The van der Waals surface area contributed by atoms with Gasteiger partial charge in [0.2, 0.25) is 11.8 Å². The predicted octanol–water partition coefficient (Wildman–Crippen LogP) is 2.08. The summed E-state index contributed by atoms with van der Waals surface area (Å²) in [5, 5.41) is 2.95. The number of piperazine rings is 1. The van der Waals surface area contributed by atoms with Crippen molar-refractivity contribution in [3.63, 3.8) is 0 Å². The van der Waals surface area contributed by atoms with E-state index < -0.39 is 5.54 Å². The lowest BCUT2D eigenvalue weighted by Crippen LogP contribution is -2.70. The maximum absolute atomic E-state index is 12.8. The van der Waals surface area contributed by atoms with Crippen LogP contribution in [0.4, 0.5) is 0 Å². The lowest BCUT2D eigenvalue weighted by Gasteiger charge is -2.47. The topological polar surface area (TPSA) is 49.4 Å². The first-order valence-electron chi connectivity index (χ1n) is 7.60. The van der Waals surface area contributed by atoms with Gasteiger partial charge in [-0.15, -0.1) is 0 Å². The van der Waals surface area contributed by atoms with Gasteiger partial charge in [-0.1, -0.05) is 26.7 Å². The van der Waals surface area contributed by atoms with Crippen LogP contribution in [0.1, 0.15) is 59.8 Å². The van der Waals surface area contributed by atoms with Crippen molar-refractivity contribution in [2.24, 2.45) is 5.92 Å². The first-order valence-corrected chi connectivity index (χ1v) is 7.60. The lowest BCUT2D eigenvalue weighted by atomic mass is 9.86. The average molecular weight is 266 g/mol. The summed E-state index contributed by atoms with van der Waals surface area (Å²) in [5.41, 5.74) is -0.679. The third-order valence-electron chi connectivity index (χ3n) is 4.86. The molecule has 1 saturated carbocycles. The van der Waals surface area contributed by atoms with Gasteiger partial charge >= 0.3 is 0 Å². The van der Waals surface area contributed by atoms with Crippen LogP contribution in [0.5, 0.6) is 0 Å². The number of carbonyl (C=O) groups is 2. The second-order valence-corrected chi connectivity index (χ2v) is 6.19. The second-order valence-electron chi connectivity index (χ2n) is 6.19. The Balaban J connectivity index is 2.22. The molecule has 1 aliphatic heterocycles. The molecule has 2 unspecified atom stereocenters. The molecule has 0 aromatic heterocycles. The van der Waals surface area contributed by atoms with E-state index in [-0.39, 0.29) is 23.9 Å². The summed E-state index contributed by atoms with van der Waals surface area (Å²) in [7, 11) is 0. The van der Waals surface area contributed by atoms with E-state index >= 15 is 0 Å². The number of nitrogens with one attached hydrogen (secondary N) is 1. The van der Waals surface area contributed by atoms with E-state index in [0.29, 0.717) is 12.8 Å². The Morgan fingerprint density at radius 3 is 2.37 bits per heavy atom. The molecule has 1 saturated heterocycles. The Morgan fingerprint density at radius 1 is 1.32 bits per heavy atom. The number of hydrogen-bond donors (Lipinski definition) is 1. The molecular formula is C15H26N2O2. The highest BCUT2D eigenvalue weighted by Crippen LogP contribution is 2.36. The van der Waals surface area contributed by atoms with Crippen LogP contribution < -0.4 is 5.32 Å². The van der Waals surface area contributed by atoms with Gasteiger partial charge < -0.3 is 10.2 Å². The third kappa shape index (κ3) is 2.49. The number of nitrogens with zero attached hydrogens (tertiary/aromatic N) is 1. The number of amides is 2. The van der Waals surface area contributed by atoms with Crippen LogP contribution in [-0.4, -0.2) is 34.3 Å². The van der Waals surface area contributed by atoms with Gasteiger partial charge in [-0.25, -0.2) is 0 Å². The minimum absolute atomic E-state index is 0.00838. The Hall–Kier alpha value is -1.06. The standard InChI is InChI=1S/C15H26N2O2/c1-5-15(6-2)14(19)17(11(4)13(18)16-15)10(3)9-12-7-8-12/h10-12H,5-9H2,1-4H3,(H,16,18). The van der Waals surface area contributed by atoms with E-state index in [1.165, 1.54) is 12.8 Å². The van der Waals surface area contributed by atoms with Gasteiger partial charge in [0.15, 0.2) is 0 Å². The monoisotopic (exact) mass is 266 g/mol. The van der Waals surface area contributed by atoms with Crippen molar-refractivity contribution in [1.29, 1.82) is 0 Å². The van der Waals surface area contributed by atoms with Gasteiger partial charge in [0, 0.05) is 6.04 Å². The summed E-state index contributed by atoms with van der Waals surface area (Å²) in [4.78, 5) is 26.8. The highest BCUT2D eigenvalue weighted by atomic mass is 16.2. The fourth-order valence-electron chi connectivity index (χ4n) is 3.20. The Bertz CT molecular complexity index is 372. The molecule has 2 fully saturated rings. The molecule has 2 amide bonds. The molecule has 0 bridgehead atoms. The van der Waals surface area contributed by atoms with Crippen LogP contribution in [-0.2, 0) is 9.59 Å². The zero-order chi connectivity index (χ0) is 14.2. The van der Waals surface area contributed by atoms with Crippen molar-refractivity contribution >= 4 is 11.8 Å². The van der Waals surface area contributed by atoms with Gasteiger partial charge in [0.25, 0.3) is 0 Å². The Morgan fingerprint density at radius 2 is 1.89 bits per heavy atom. The predicted molar refractivity (Wildman–Crippen MR) is 74.6 cm³/mol. The maximum atomic E-state index is 12.8. The fraction of sp³-hybridized carbons (Fsp3) is 0.867. The normalized spacial score (nSPS) is 28.2. The van der Waals surface area contributed by atoms with Gasteiger partial charge in [0.05, 0.1) is 0 Å². The SMILES string of the molecule is CCC1(CC)NC(=O)C(C)N(C(C)CC2CC2)C1=O. The van der Waals surface area contributed by atoms with E-state index in [4.69, 9.17) is 0 Å². The molecule has 0 radical (unpaired) electrons. The van der Waals surface area contributed by atoms with Gasteiger partial charge in [-0.05, 0) is 39.0 Å². The molecule has 19 heavy (non-hydrogen) atoms. The number of hydrogen-bond acceptors (Lipinski definition) is 2. The van der Waals surface area contributed by atoms with E-state index in [1.54, 1.807) is 0 Å². The molecule has 2 aliphatic rings. The Kier molecular flexibility index (Phi) is 3.88. The third-order valence-corrected chi connectivity index (χ3v) is 4.86. The smallest absolute Gasteiger partial charge is 0.249 e. The molecule has 1 N–H and O–H groups in total. The summed E-state index contributed by atoms with van der Waals surface area (Å²) in [6, 6.07) is -0.175. The van der Waals surface area contributed by atoms with Crippen molar-refractivity contribution in [1.82, 2.24) is 10.2 Å². The summed E-state index contributed by atoms with van der Waals surface area (Å²) >= 11 is 0. The largest absolute Gasteiger partial charge is 0.340 e. The van der Waals surface area contributed by atoms with Crippen LogP contribution in [0, 0.1) is 5.92 Å². The molecule has 2 rings (SSSR count). The molecular weight excluding hydrogens is 240 g/mol. The molecule has 108 valence electrons. The van der Waals surface area contributed by atoms with Gasteiger partial charge in [-0.2, -0.15) is 0 Å². The quantitative estimate of drug-likeness (QED) is 0.828. The summed E-state index contributed by atoms with van der Waals surface area (Å²) in [6.07, 6.45) is 4.91. The molecule has 2 atom stereocenters. The van der Waals surface area contributed by atoms with Crippen LogP contribution in [0.15, 0.2) is 0 Å². The Labute approximate surface area is 115 Å². The molecule has 4 nitrogen and oxygen atoms in total. The maximum Gasteiger partial charge on any atom is 0.249 e. The van der Waals surface area contributed by atoms with E-state index in [9.17, 15) is 9.59 Å². The van der Waals surface area contributed by atoms with Crippen molar-refractivity contribution in [3.05, 3.63) is 0 Å². The van der Waals surface area contributed by atoms with Crippen molar-refractivity contribution in [3.8, 4) is 0 Å². The minimum atomic E-state index is -0.679. The molecule has 0 aromatic carbocycles. The van der Waals surface area contributed by atoms with E-state index in [0.717, 1.165) is 12.3 Å². The summed E-state index contributed by atoms with van der Waals surface area (Å²) in [6.45, 7) is 7.87. The van der Waals surface area contributed by atoms with Crippen LogP contribution in [0.2, 0.25) is 0 Å². The van der Waals surface area contributed by atoms with Crippen molar-refractivity contribution in [2.75, 3.05) is 0 Å². The lowest BCUT2D eigenvalue weighted by molar-refractivity contribution is -0.157. The molecule has 1 heterocycles. The molecule has 1 aliphatic carbocycles. The average Bonchev–Trinajstić information content (AvgIpc) is 3.18. The highest BCUT2D eigenvalue weighted by Gasteiger charge is 2.49. The fourth-order valence-corrected chi connectivity index (χ4v) is 3.20. The number of rotatable bonds is 5. The van der Waals surface area contributed by atoms with Gasteiger partial charge in [-0.3, -0.25) is 9.59 Å². The van der Waals surface area contributed by atoms with Crippen molar-refractivity contribution < 1.29 is 9.59 Å². The zero-order valence-corrected chi connectivity index (χ0v) is 12.5. The first-order chi connectivity index (χ1) is 8.95. The summed E-state index contributed by atoms with van der Waals surface area (Å²) in [5.74, 6) is 0.862. The molecule has 0 spiro atoms. The molecule has 0 aromatic rings.